The Labute approximate surface area is 53.0 Å². The van der Waals surface area contributed by atoms with Gasteiger partial charge in [0.1, 0.15) is 0 Å². The quantitative estimate of drug-likeness (QED) is 0.386. The average molecular weight is 152 g/mol. The first-order chi connectivity index (χ1) is 3.85. The van der Waals surface area contributed by atoms with Crippen LogP contribution >= 0.6 is 7.60 Å². The lowest BCUT2D eigenvalue weighted by molar-refractivity contribution is 0.230. The van der Waals surface area contributed by atoms with Crippen molar-refractivity contribution in [3.05, 3.63) is 12.2 Å². The van der Waals surface area contributed by atoms with Crippen LogP contribution in [0.4, 0.5) is 0 Å². The van der Waals surface area contributed by atoms with Crippen molar-refractivity contribution >= 4 is 7.60 Å². The molecule has 3 N–H and O–H groups in total. The van der Waals surface area contributed by atoms with E-state index in [9.17, 15) is 4.57 Å². The molecule has 1 unspecified atom stereocenters. The Hall–Kier alpha value is -0.150. The first-order valence-corrected chi connectivity index (χ1v) is 3.92. The normalized spacial score (nSPS) is 15.1. The predicted octanol–water partition coefficient (Wildman–Crippen LogP) is 0.0586. The molecule has 9 heavy (non-hydrogen) atoms. The fourth-order valence-electron chi connectivity index (χ4n) is 0.287. The van der Waals surface area contributed by atoms with Crippen molar-refractivity contribution in [1.82, 2.24) is 0 Å². The van der Waals surface area contributed by atoms with Gasteiger partial charge < -0.3 is 14.9 Å². The molecule has 0 aliphatic heterocycles. The molecule has 0 fully saturated rings. The summed E-state index contributed by atoms with van der Waals surface area (Å²) in [7, 11) is -4.36. The highest BCUT2D eigenvalue weighted by molar-refractivity contribution is 7.52. The van der Waals surface area contributed by atoms with E-state index in [2.05, 4.69) is 6.58 Å². The minimum absolute atomic E-state index is 0.0725. The van der Waals surface area contributed by atoms with Gasteiger partial charge in [0.2, 0.25) is 0 Å². The van der Waals surface area contributed by atoms with Crippen molar-refractivity contribution in [3.63, 3.8) is 0 Å². The molecule has 0 bridgehead atoms. The lowest BCUT2D eigenvalue weighted by Crippen LogP contribution is -2.06. The van der Waals surface area contributed by atoms with Gasteiger partial charge in [0.25, 0.3) is 0 Å². The molecule has 0 spiro atoms. The molecule has 54 valence electrons. The maximum absolute atomic E-state index is 10.2. The summed E-state index contributed by atoms with van der Waals surface area (Å²) in [6.45, 7) is 4.53. The number of rotatable bonds is 2. The fraction of sp³-hybridized carbons (Fsp3) is 0.500. The SMILES string of the molecule is C=C(C)C(O)P(=O)(O)O. The van der Waals surface area contributed by atoms with E-state index in [0.29, 0.717) is 0 Å². The van der Waals surface area contributed by atoms with Crippen molar-refractivity contribution in [3.8, 4) is 0 Å². The van der Waals surface area contributed by atoms with Crippen LogP contribution in [0.1, 0.15) is 6.92 Å². The summed E-state index contributed by atoms with van der Waals surface area (Å²) >= 11 is 0. The summed E-state index contributed by atoms with van der Waals surface area (Å²) < 4.78 is 10.2. The van der Waals surface area contributed by atoms with E-state index in [1.165, 1.54) is 6.92 Å². The summed E-state index contributed by atoms with van der Waals surface area (Å²) in [4.78, 5) is 16.5. The summed E-state index contributed by atoms with van der Waals surface area (Å²) in [5.41, 5.74) is 0.0725. The molecule has 4 nitrogen and oxygen atoms in total. The first-order valence-electron chi connectivity index (χ1n) is 2.24. The maximum Gasteiger partial charge on any atom is 0.357 e. The zero-order valence-electron chi connectivity index (χ0n) is 4.98. The molecule has 0 aliphatic rings. The third-order valence-electron chi connectivity index (χ3n) is 0.759. The Morgan fingerprint density at radius 3 is 2.00 bits per heavy atom. The van der Waals surface area contributed by atoms with E-state index in [-0.39, 0.29) is 5.57 Å². The van der Waals surface area contributed by atoms with Gasteiger partial charge in [-0.2, -0.15) is 0 Å². The van der Waals surface area contributed by atoms with Gasteiger partial charge in [0, 0.05) is 0 Å². The fourth-order valence-corrected chi connectivity index (χ4v) is 0.861. The van der Waals surface area contributed by atoms with Crippen LogP contribution in [0, 0.1) is 0 Å². The van der Waals surface area contributed by atoms with Crippen LogP contribution in [0.25, 0.3) is 0 Å². The summed E-state index contributed by atoms with van der Waals surface area (Å²) in [6, 6.07) is 0. The molecular formula is C4H9O4P. The van der Waals surface area contributed by atoms with Gasteiger partial charge >= 0.3 is 7.60 Å². The summed E-state index contributed by atoms with van der Waals surface area (Å²) in [5.74, 6) is -1.71. The standard InChI is InChI=1S/C4H9O4P/c1-3(2)4(5)9(6,7)8/h4-5H,1H2,2H3,(H2,6,7,8). The molecule has 5 heteroatoms. The topological polar surface area (TPSA) is 77.8 Å². The van der Waals surface area contributed by atoms with Crippen LogP contribution in [-0.4, -0.2) is 20.7 Å². The highest BCUT2D eigenvalue weighted by Gasteiger charge is 2.26. The van der Waals surface area contributed by atoms with Crippen LogP contribution in [-0.2, 0) is 4.57 Å². The largest absolute Gasteiger partial charge is 0.376 e. The smallest absolute Gasteiger partial charge is 0.357 e. The average Bonchev–Trinajstić information content (AvgIpc) is 1.62. The number of aliphatic hydroxyl groups is 1. The van der Waals surface area contributed by atoms with Crippen LogP contribution in [0.15, 0.2) is 12.2 Å². The summed E-state index contributed by atoms with van der Waals surface area (Å²) in [5, 5.41) is 8.60. The van der Waals surface area contributed by atoms with Crippen molar-refractivity contribution in [2.45, 2.75) is 12.8 Å². The zero-order chi connectivity index (χ0) is 7.65. The zero-order valence-corrected chi connectivity index (χ0v) is 5.88. The third-order valence-corrected chi connectivity index (χ3v) is 1.84. The Morgan fingerprint density at radius 2 is 2.00 bits per heavy atom. The van der Waals surface area contributed by atoms with Gasteiger partial charge in [-0.3, -0.25) is 4.57 Å². The molecule has 0 aliphatic carbocycles. The molecule has 0 rings (SSSR count). The Morgan fingerprint density at radius 1 is 1.67 bits per heavy atom. The lowest BCUT2D eigenvalue weighted by atomic mass is 10.4. The van der Waals surface area contributed by atoms with Crippen LogP contribution in [0.2, 0.25) is 0 Å². The number of hydrogen-bond donors (Lipinski definition) is 3. The Kier molecular flexibility index (Phi) is 2.58. The van der Waals surface area contributed by atoms with E-state index < -0.39 is 13.4 Å². The molecule has 0 aromatic carbocycles. The van der Waals surface area contributed by atoms with Crippen molar-refractivity contribution in [1.29, 1.82) is 0 Å². The van der Waals surface area contributed by atoms with E-state index in [1.807, 2.05) is 0 Å². The van der Waals surface area contributed by atoms with Gasteiger partial charge in [0.15, 0.2) is 5.85 Å². The van der Waals surface area contributed by atoms with Gasteiger partial charge in [-0.05, 0) is 12.5 Å². The van der Waals surface area contributed by atoms with E-state index in [0.717, 1.165) is 0 Å². The second-order valence-corrected chi connectivity index (χ2v) is 3.48. The molecule has 1 atom stereocenters. The first kappa shape index (κ1) is 8.85. The van der Waals surface area contributed by atoms with Gasteiger partial charge in [-0.15, -0.1) is 0 Å². The van der Waals surface area contributed by atoms with Gasteiger partial charge in [0.05, 0.1) is 0 Å². The second kappa shape index (κ2) is 2.62. The second-order valence-electron chi connectivity index (χ2n) is 1.81. The Bertz CT molecular complexity index is 158. The molecule has 0 radical (unpaired) electrons. The lowest BCUT2D eigenvalue weighted by Gasteiger charge is -2.10. The third kappa shape index (κ3) is 2.77. The Balaban J connectivity index is 4.23. The summed E-state index contributed by atoms with van der Waals surface area (Å²) in [6.07, 6.45) is 0. The minimum atomic E-state index is -4.36. The van der Waals surface area contributed by atoms with Crippen LogP contribution in [0.3, 0.4) is 0 Å². The van der Waals surface area contributed by atoms with E-state index in [4.69, 9.17) is 14.9 Å². The number of aliphatic hydroxyl groups excluding tert-OH is 1. The van der Waals surface area contributed by atoms with Crippen molar-refractivity contribution < 1.29 is 19.5 Å². The predicted molar refractivity (Wildman–Crippen MR) is 32.9 cm³/mol. The molecule has 0 saturated heterocycles. The highest BCUT2D eigenvalue weighted by Crippen LogP contribution is 2.42. The monoisotopic (exact) mass is 152 g/mol. The molecule has 0 amide bonds. The molecular weight excluding hydrogens is 143 g/mol. The molecule has 0 heterocycles. The van der Waals surface area contributed by atoms with Crippen LogP contribution in [0.5, 0.6) is 0 Å². The van der Waals surface area contributed by atoms with Gasteiger partial charge in [-0.1, -0.05) is 6.58 Å². The van der Waals surface area contributed by atoms with Crippen LogP contribution < -0.4 is 0 Å². The van der Waals surface area contributed by atoms with E-state index >= 15 is 0 Å². The van der Waals surface area contributed by atoms with Crippen molar-refractivity contribution in [2.75, 3.05) is 0 Å². The molecule has 0 aromatic heterocycles. The van der Waals surface area contributed by atoms with Crippen molar-refractivity contribution in [2.24, 2.45) is 0 Å². The van der Waals surface area contributed by atoms with E-state index in [1.54, 1.807) is 0 Å². The minimum Gasteiger partial charge on any atom is -0.376 e. The van der Waals surface area contributed by atoms with Gasteiger partial charge in [-0.25, -0.2) is 0 Å². The maximum atomic E-state index is 10.2. The molecule has 0 saturated carbocycles. The molecule has 0 aromatic rings. The number of hydrogen-bond acceptors (Lipinski definition) is 2. The highest BCUT2D eigenvalue weighted by atomic mass is 31.2.